The smallest absolute Gasteiger partial charge is 0.322 e. The molecule has 2 aromatic carbocycles. The van der Waals surface area contributed by atoms with Crippen molar-refractivity contribution in [1.29, 1.82) is 0 Å². The van der Waals surface area contributed by atoms with Gasteiger partial charge in [-0.2, -0.15) is 4.31 Å². The van der Waals surface area contributed by atoms with Crippen molar-refractivity contribution in [3.05, 3.63) is 53.6 Å². The highest BCUT2D eigenvalue weighted by Gasteiger charge is 2.41. The number of piperidine rings is 1. The first kappa shape index (κ1) is 24.8. The first-order valence-electron chi connectivity index (χ1n) is 11.7. The summed E-state index contributed by atoms with van der Waals surface area (Å²) in [6.07, 6.45) is 6.11. The number of sulfonamides is 1. The Bertz CT molecular complexity index is 1070. The van der Waals surface area contributed by atoms with Crippen LogP contribution in [0.5, 0.6) is 11.5 Å². The summed E-state index contributed by atoms with van der Waals surface area (Å²) in [5.41, 5.74) is 0. The second kappa shape index (κ2) is 11.0. The molecule has 9 heteroatoms. The van der Waals surface area contributed by atoms with Gasteiger partial charge in [0.25, 0.3) is 0 Å². The maximum atomic E-state index is 13.3. The average molecular weight is 508 g/mol. The number of aliphatic carboxylic acids is 1. The van der Waals surface area contributed by atoms with Gasteiger partial charge in [0.05, 0.1) is 11.5 Å². The number of carboxylic acid groups (broad SMARTS) is 1. The molecule has 1 aliphatic carbocycles. The van der Waals surface area contributed by atoms with Crippen LogP contribution in [0.3, 0.4) is 0 Å². The lowest BCUT2D eigenvalue weighted by Gasteiger charge is -2.36. The molecule has 2 aromatic rings. The monoisotopic (exact) mass is 507 g/mol. The number of hydrogen-bond donors (Lipinski definition) is 1. The van der Waals surface area contributed by atoms with Gasteiger partial charge < -0.3 is 14.6 Å². The minimum Gasteiger partial charge on any atom is -0.493 e. The zero-order valence-corrected chi connectivity index (χ0v) is 20.5. The molecular formula is C25H30ClNO6S. The van der Waals surface area contributed by atoms with Gasteiger partial charge in [-0.25, -0.2) is 8.42 Å². The summed E-state index contributed by atoms with van der Waals surface area (Å²) in [7, 11) is -3.99. The Kier molecular flexibility index (Phi) is 8.01. The van der Waals surface area contributed by atoms with Crippen LogP contribution in [0.15, 0.2) is 53.4 Å². The fraction of sp³-hybridized carbons (Fsp3) is 0.480. The minimum atomic E-state index is -3.99. The molecule has 0 unspecified atom stereocenters. The maximum Gasteiger partial charge on any atom is 0.322 e. The second-order valence-corrected chi connectivity index (χ2v) is 11.3. The predicted molar refractivity (Wildman–Crippen MR) is 129 cm³/mol. The first-order valence-corrected chi connectivity index (χ1v) is 13.5. The summed E-state index contributed by atoms with van der Waals surface area (Å²) in [6.45, 7) is 0.686. The van der Waals surface area contributed by atoms with Crippen molar-refractivity contribution in [1.82, 2.24) is 4.31 Å². The largest absolute Gasteiger partial charge is 0.493 e. The van der Waals surface area contributed by atoms with Crippen molar-refractivity contribution in [3.63, 3.8) is 0 Å². The highest BCUT2D eigenvalue weighted by molar-refractivity contribution is 7.89. The third-order valence-electron chi connectivity index (χ3n) is 6.55. The number of carboxylic acids is 1. The molecule has 2 fully saturated rings. The first-order chi connectivity index (χ1) is 16.3. The Labute approximate surface area is 205 Å². The van der Waals surface area contributed by atoms with Crippen LogP contribution < -0.4 is 9.47 Å². The van der Waals surface area contributed by atoms with E-state index in [4.69, 9.17) is 21.1 Å². The van der Waals surface area contributed by atoms with E-state index in [9.17, 15) is 18.3 Å². The van der Waals surface area contributed by atoms with Crippen molar-refractivity contribution in [2.75, 3.05) is 13.2 Å². The number of nitrogens with zero attached hydrogens (tertiary/aromatic N) is 1. The van der Waals surface area contributed by atoms with Crippen molar-refractivity contribution in [3.8, 4) is 11.5 Å². The molecule has 1 heterocycles. The van der Waals surface area contributed by atoms with Gasteiger partial charge in [0.2, 0.25) is 10.0 Å². The van der Waals surface area contributed by atoms with Crippen LogP contribution in [0.2, 0.25) is 5.02 Å². The lowest BCUT2D eigenvalue weighted by Crippen LogP contribution is -2.52. The van der Waals surface area contributed by atoms with Gasteiger partial charge in [-0.1, -0.05) is 30.9 Å². The molecule has 2 aliphatic rings. The van der Waals surface area contributed by atoms with Gasteiger partial charge in [0.15, 0.2) is 0 Å². The second-order valence-electron chi connectivity index (χ2n) is 8.97. The third kappa shape index (κ3) is 6.03. The Morgan fingerprint density at radius 3 is 2.26 bits per heavy atom. The minimum absolute atomic E-state index is 0.0531. The topological polar surface area (TPSA) is 93.1 Å². The number of rotatable bonds is 8. The number of hydrogen-bond acceptors (Lipinski definition) is 5. The van der Waals surface area contributed by atoms with Gasteiger partial charge in [0.1, 0.15) is 23.6 Å². The number of ether oxygens (including phenoxy) is 2. The standard InChI is InChI=1S/C25H30ClNO6S/c26-19-6-8-21(9-7-19)33-22-14-15-27(24(16-22)25(28)29)34(30,31)23-12-10-20(11-13-23)32-17-18-4-2-1-3-5-18/h6-13,18,22,24H,1-5,14-17H2,(H,28,29)/t22-,24+/m1/s1. The molecule has 7 nitrogen and oxygen atoms in total. The van der Waals surface area contributed by atoms with Crippen LogP contribution in [0.25, 0.3) is 0 Å². The SMILES string of the molecule is O=C(O)[C@@H]1C[C@H](Oc2ccc(Cl)cc2)CCN1S(=O)(=O)c1ccc(OCC2CCCCC2)cc1. The molecule has 1 N–H and O–H groups in total. The quantitative estimate of drug-likeness (QED) is 0.541. The molecule has 1 aliphatic heterocycles. The van der Waals surface area contributed by atoms with Crippen molar-refractivity contribution >= 4 is 27.6 Å². The molecule has 184 valence electrons. The summed E-state index contributed by atoms with van der Waals surface area (Å²) >= 11 is 5.89. The van der Waals surface area contributed by atoms with E-state index in [-0.39, 0.29) is 17.9 Å². The van der Waals surface area contributed by atoms with Gasteiger partial charge in [0, 0.05) is 18.0 Å². The van der Waals surface area contributed by atoms with Crippen LogP contribution in [0, 0.1) is 5.92 Å². The van der Waals surface area contributed by atoms with E-state index in [2.05, 4.69) is 0 Å². The summed E-state index contributed by atoms with van der Waals surface area (Å²) in [5.74, 6) is 0.540. The van der Waals surface area contributed by atoms with Crippen LogP contribution >= 0.6 is 11.6 Å². The molecule has 0 spiro atoms. The van der Waals surface area contributed by atoms with E-state index < -0.39 is 28.1 Å². The van der Waals surface area contributed by atoms with Crippen LogP contribution in [-0.2, 0) is 14.8 Å². The van der Waals surface area contributed by atoms with Crippen molar-refractivity contribution in [2.24, 2.45) is 5.92 Å². The van der Waals surface area contributed by atoms with Gasteiger partial charge in [-0.3, -0.25) is 4.79 Å². The number of halogens is 1. The molecule has 2 atom stereocenters. The molecule has 1 saturated heterocycles. The van der Waals surface area contributed by atoms with E-state index in [1.165, 1.54) is 44.2 Å². The van der Waals surface area contributed by atoms with E-state index in [1.807, 2.05) is 0 Å². The molecule has 0 aromatic heterocycles. The fourth-order valence-electron chi connectivity index (χ4n) is 4.65. The average Bonchev–Trinajstić information content (AvgIpc) is 2.85. The van der Waals surface area contributed by atoms with Crippen LogP contribution in [0.4, 0.5) is 0 Å². The Hall–Kier alpha value is -2.29. The normalized spacial score (nSPS) is 22.3. The third-order valence-corrected chi connectivity index (χ3v) is 8.72. The van der Waals surface area contributed by atoms with Gasteiger partial charge in [-0.15, -0.1) is 0 Å². The number of carbonyl (C=O) groups is 1. The van der Waals surface area contributed by atoms with Gasteiger partial charge >= 0.3 is 5.97 Å². The van der Waals surface area contributed by atoms with E-state index in [0.717, 1.165) is 4.31 Å². The lowest BCUT2D eigenvalue weighted by atomic mass is 9.90. The van der Waals surface area contributed by atoms with Crippen molar-refractivity contribution in [2.45, 2.75) is 62.0 Å². The highest BCUT2D eigenvalue weighted by atomic mass is 35.5. The molecule has 1 saturated carbocycles. The Morgan fingerprint density at radius 1 is 0.971 bits per heavy atom. The summed E-state index contributed by atoms with van der Waals surface area (Å²) in [5, 5.41) is 10.3. The van der Waals surface area contributed by atoms with Gasteiger partial charge in [-0.05, 0) is 73.7 Å². The summed E-state index contributed by atoms with van der Waals surface area (Å²) in [4.78, 5) is 12.0. The van der Waals surface area contributed by atoms with E-state index >= 15 is 0 Å². The zero-order chi connectivity index (χ0) is 24.1. The van der Waals surface area contributed by atoms with Crippen LogP contribution in [-0.4, -0.2) is 49.1 Å². The molecule has 0 amide bonds. The molecule has 34 heavy (non-hydrogen) atoms. The predicted octanol–water partition coefficient (Wildman–Crippen LogP) is 4.98. The van der Waals surface area contributed by atoms with Crippen molar-refractivity contribution < 1.29 is 27.8 Å². The molecule has 4 rings (SSSR count). The van der Waals surface area contributed by atoms with E-state index in [1.54, 1.807) is 36.4 Å². The Balaban J connectivity index is 1.41. The fourth-order valence-corrected chi connectivity index (χ4v) is 6.38. The maximum absolute atomic E-state index is 13.3. The molecular weight excluding hydrogens is 478 g/mol. The zero-order valence-electron chi connectivity index (χ0n) is 18.9. The van der Waals surface area contributed by atoms with Crippen LogP contribution in [0.1, 0.15) is 44.9 Å². The summed E-state index contributed by atoms with van der Waals surface area (Å²) in [6, 6.07) is 11.8. The Morgan fingerprint density at radius 2 is 1.62 bits per heavy atom. The molecule has 0 bridgehead atoms. The lowest BCUT2D eigenvalue weighted by molar-refractivity contribution is -0.143. The van der Waals surface area contributed by atoms with E-state index in [0.29, 0.717) is 35.5 Å². The number of benzene rings is 2. The summed E-state index contributed by atoms with van der Waals surface area (Å²) < 4.78 is 39.4. The molecule has 0 radical (unpaired) electrons. The highest BCUT2D eigenvalue weighted by Crippen LogP contribution is 2.30.